The summed E-state index contributed by atoms with van der Waals surface area (Å²) < 4.78 is 6.82. The highest BCUT2D eigenvalue weighted by molar-refractivity contribution is 9.11. The molecule has 0 saturated heterocycles. The molecule has 0 spiro atoms. The van der Waals surface area contributed by atoms with Crippen molar-refractivity contribution in [3.05, 3.63) is 62.5 Å². The fourth-order valence-corrected chi connectivity index (χ4v) is 3.01. The van der Waals surface area contributed by atoms with E-state index >= 15 is 0 Å². The molecule has 0 aromatic heterocycles. The van der Waals surface area contributed by atoms with Gasteiger partial charge in [-0.25, -0.2) is 0 Å². The molecule has 5 heteroatoms. The molecule has 0 atom stereocenters. The number of nitrogens with one attached hydrogen (secondary N) is 1. The number of hydrogen-bond donors (Lipinski definition) is 1. The highest BCUT2D eigenvalue weighted by atomic mass is 79.9. The summed E-state index contributed by atoms with van der Waals surface area (Å²) >= 11 is 6.74. The Morgan fingerprint density at radius 2 is 1.70 bits per heavy atom. The molecular formula is C15H13Br2NO2. The molecule has 0 saturated carbocycles. The number of amides is 1. The Hall–Kier alpha value is -1.33. The van der Waals surface area contributed by atoms with Gasteiger partial charge in [0.05, 0.1) is 7.11 Å². The van der Waals surface area contributed by atoms with Crippen LogP contribution in [0.2, 0.25) is 0 Å². The average Bonchev–Trinajstić information content (AvgIpc) is 2.44. The zero-order valence-electron chi connectivity index (χ0n) is 10.8. The monoisotopic (exact) mass is 397 g/mol. The van der Waals surface area contributed by atoms with Gasteiger partial charge in [-0.3, -0.25) is 4.79 Å². The van der Waals surface area contributed by atoms with Crippen LogP contribution in [-0.4, -0.2) is 13.0 Å². The van der Waals surface area contributed by atoms with Crippen LogP contribution in [0.15, 0.2) is 51.4 Å². The van der Waals surface area contributed by atoms with Gasteiger partial charge in [0.2, 0.25) is 0 Å². The zero-order valence-corrected chi connectivity index (χ0v) is 14.0. The summed E-state index contributed by atoms with van der Waals surface area (Å²) in [5.41, 5.74) is 1.63. The van der Waals surface area contributed by atoms with Crippen molar-refractivity contribution in [3.8, 4) is 5.75 Å². The summed E-state index contributed by atoms with van der Waals surface area (Å²) in [7, 11) is 1.63. The van der Waals surface area contributed by atoms with Crippen LogP contribution in [0.5, 0.6) is 5.75 Å². The van der Waals surface area contributed by atoms with Crippen LogP contribution in [0.1, 0.15) is 15.9 Å². The minimum absolute atomic E-state index is 0.109. The summed E-state index contributed by atoms with van der Waals surface area (Å²) in [5, 5.41) is 2.89. The standard InChI is InChI=1S/C15H13Br2NO2/c1-20-14-4-2-10(3-5-14)9-18-15(19)11-6-12(16)8-13(17)7-11/h2-8H,9H2,1H3,(H,18,19). The van der Waals surface area contributed by atoms with Gasteiger partial charge in [-0.15, -0.1) is 0 Å². The molecule has 1 N–H and O–H groups in total. The van der Waals surface area contributed by atoms with E-state index in [1.54, 1.807) is 19.2 Å². The molecule has 1 amide bonds. The van der Waals surface area contributed by atoms with E-state index in [1.807, 2.05) is 30.3 Å². The Bertz CT molecular complexity index is 592. The third kappa shape index (κ3) is 4.08. The lowest BCUT2D eigenvalue weighted by atomic mass is 10.2. The van der Waals surface area contributed by atoms with Crippen molar-refractivity contribution < 1.29 is 9.53 Å². The van der Waals surface area contributed by atoms with Crippen molar-refractivity contribution in [2.75, 3.05) is 7.11 Å². The summed E-state index contributed by atoms with van der Waals surface area (Å²) in [5.74, 6) is 0.693. The molecule has 0 aliphatic carbocycles. The van der Waals surface area contributed by atoms with Crippen molar-refractivity contribution in [2.45, 2.75) is 6.54 Å². The van der Waals surface area contributed by atoms with Crippen LogP contribution in [0.4, 0.5) is 0 Å². The van der Waals surface area contributed by atoms with Gasteiger partial charge in [-0.1, -0.05) is 44.0 Å². The number of carbonyl (C=O) groups is 1. The molecule has 0 aliphatic heterocycles. The molecule has 0 aliphatic rings. The molecule has 104 valence electrons. The van der Waals surface area contributed by atoms with Crippen LogP contribution < -0.4 is 10.1 Å². The molecule has 0 unspecified atom stereocenters. The number of hydrogen-bond acceptors (Lipinski definition) is 2. The number of rotatable bonds is 4. The lowest BCUT2D eigenvalue weighted by molar-refractivity contribution is 0.0951. The molecule has 0 heterocycles. The van der Waals surface area contributed by atoms with Crippen molar-refractivity contribution in [1.29, 1.82) is 0 Å². The molecular weight excluding hydrogens is 386 g/mol. The first kappa shape index (κ1) is 15.1. The average molecular weight is 399 g/mol. The Morgan fingerprint density at radius 3 is 2.25 bits per heavy atom. The van der Waals surface area contributed by atoms with Gasteiger partial charge in [-0.05, 0) is 35.9 Å². The summed E-state index contributed by atoms with van der Waals surface area (Å²) in [6.45, 7) is 0.479. The minimum Gasteiger partial charge on any atom is -0.497 e. The predicted octanol–water partition coefficient (Wildman–Crippen LogP) is 4.15. The van der Waals surface area contributed by atoms with Gasteiger partial charge in [-0.2, -0.15) is 0 Å². The van der Waals surface area contributed by atoms with Gasteiger partial charge in [0.1, 0.15) is 5.75 Å². The lowest BCUT2D eigenvalue weighted by Crippen LogP contribution is -2.22. The third-order valence-corrected chi connectivity index (χ3v) is 3.65. The van der Waals surface area contributed by atoms with Crippen LogP contribution >= 0.6 is 31.9 Å². The van der Waals surface area contributed by atoms with Crippen LogP contribution in [0.3, 0.4) is 0 Å². The number of methoxy groups -OCH3 is 1. The third-order valence-electron chi connectivity index (χ3n) is 2.74. The first-order valence-corrected chi connectivity index (χ1v) is 7.54. The van der Waals surface area contributed by atoms with E-state index in [0.29, 0.717) is 12.1 Å². The highest BCUT2D eigenvalue weighted by Crippen LogP contribution is 2.20. The van der Waals surface area contributed by atoms with E-state index in [0.717, 1.165) is 20.3 Å². The maximum Gasteiger partial charge on any atom is 0.251 e. The largest absolute Gasteiger partial charge is 0.497 e. The zero-order chi connectivity index (χ0) is 14.5. The SMILES string of the molecule is COc1ccc(CNC(=O)c2cc(Br)cc(Br)c2)cc1. The van der Waals surface area contributed by atoms with E-state index < -0.39 is 0 Å². The number of ether oxygens (including phenoxy) is 1. The Morgan fingerprint density at radius 1 is 1.10 bits per heavy atom. The second kappa shape index (κ2) is 6.90. The predicted molar refractivity (Wildman–Crippen MR) is 86.0 cm³/mol. The number of benzene rings is 2. The van der Waals surface area contributed by atoms with Crippen molar-refractivity contribution in [1.82, 2.24) is 5.32 Å². The van der Waals surface area contributed by atoms with Crippen LogP contribution in [-0.2, 0) is 6.54 Å². The van der Waals surface area contributed by atoms with E-state index in [1.165, 1.54) is 0 Å². The molecule has 2 rings (SSSR count). The fraction of sp³-hybridized carbons (Fsp3) is 0.133. The second-order valence-electron chi connectivity index (χ2n) is 4.19. The number of halogens is 2. The van der Waals surface area contributed by atoms with E-state index in [-0.39, 0.29) is 5.91 Å². The van der Waals surface area contributed by atoms with Gasteiger partial charge >= 0.3 is 0 Å². The van der Waals surface area contributed by atoms with Crippen LogP contribution in [0.25, 0.3) is 0 Å². The van der Waals surface area contributed by atoms with Crippen molar-refractivity contribution in [2.24, 2.45) is 0 Å². The van der Waals surface area contributed by atoms with E-state index in [4.69, 9.17) is 4.74 Å². The van der Waals surface area contributed by atoms with Gasteiger partial charge in [0.25, 0.3) is 5.91 Å². The lowest BCUT2D eigenvalue weighted by Gasteiger charge is -2.07. The smallest absolute Gasteiger partial charge is 0.251 e. The van der Waals surface area contributed by atoms with Crippen LogP contribution in [0, 0.1) is 0 Å². The second-order valence-corrected chi connectivity index (χ2v) is 6.02. The summed E-state index contributed by atoms with van der Waals surface area (Å²) in [4.78, 5) is 12.1. The summed E-state index contributed by atoms with van der Waals surface area (Å²) in [6.07, 6.45) is 0. The molecule has 2 aromatic carbocycles. The Balaban J connectivity index is 2.00. The summed E-state index contributed by atoms with van der Waals surface area (Å²) in [6, 6.07) is 13.1. The quantitative estimate of drug-likeness (QED) is 0.839. The molecule has 20 heavy (non-hydrogen) atoms. The van der Waals surface area contributed by atoms with E-state index in [9.17, 15) is 4.79 Å². The van der Waals surface area contributed by atoms with Gasteiger partial charge in [0.15, 0.2) is 0 Å². The molecule has 0 bridgehead atoms. The Labute approximate surface area is 134 Å². The maximum atomic E-state index is 12.1. The van der Waals surface area contributed by atoms with Crippen molar-refractivity contribution in [3.63, 3.8) is 0 Å². The minimum atomic E-state index is -0.109. The van der Waals surface area contributed by atoms with E-state index in [2.05, 4.69) is 37.2 Å². The first-order chi connectivity index (χ1) is 9.58. The molecule has 0 radical (unpaired) electrons. The topological polar surface area (TPSA) is 38.3 Å². The Kier molecular flexibility index (Phi) is 5.20. The van der Waals surface area contributed by atoms with Gasteiger partial charge in [0, 0.05) is 21.1 Å². The van der Waals surface area contributed by atoms with Gasteiger partial charge < -0.3 is 10.1 Å². The van der Waals surface area contributed by atoms with Crippen molar-refractivity contribution >= 4 is 37.8 Å². The highest BCUT2D eigenvalue weighted by Gasteiger charge is 2.07. The molecule has 0 fully saturated rings. The fourth-order valence-electron chi connectivity index (χ4n) is 1.71. The maximum absolute atomic E-state index is 12.1. The number of carbonyl (C=O) groups excluding carboxylic acids is 1. The molecule has 2 aromatic rings. The normalized spacial score (nSPS) is 10.2. The molecule has 3 nitrogen and oxygen atoms in total. The first-order valence-electron chi connectivity index (χ1n) is 5.95.